The summed E-state index contributed by atoms with van der Waals surface area (Å²) in [6, 6.07) is 17.3. The first-order chi connectivity index (χ1) is 13.0. The molecule has 0 spiro atoms. The summed E-state index contributed by atoms with van der Waals surface area (Å²) in [7, 11) is 0. The number of phenols is 1. The molecule has 0 aliphatic rings. The van der Waals surface area contributed by atoms with E-state index in [1.807, 2.05) is 60.8 Å². The number of thiocarbonyl (C=S) groups is 1. The van der Waals surface area contributed by atoms with Crippen molar-refractivity contribution < 1.29 is 5.11 Å². The van der Waals surface area contributed by atoms with Crippen LogP contribution in [-0.2, 0) is 6.42 Å². The van der Waals surface area contributed by atoms with Crippen LogP contribution < -0.4 is 10.6 Å². The van der Waals surface area contributed by atoms with E-state index < -0.39 is 0 Å². The number of aryl methyl sites for hydroxylation is 1. The van der Waals surface area contributed by atoms with E-state index in [0.717, 1.165) is 22.5 Å². The van der Waals surface area contributed by atoms with Gasteiger partial charge in [-0.15, -0.1) is 11.3 Å². The Balaban J connectivity index is 1.51. The number of anilines is 1. The summed E-state index contributed by atoms with van der Waals surface area (Å²) in [6.07, 6.45) is 0.815. The second kappa shape index (κ2) is 8.79. The Bertz CT molecular complexity index is 935. The molecule has 138 valence electrons. The lowest BCUT2D eigenvalue weighted by Crippen LogP contribution is -2.24. The molecule has 0 radical (unpaired) electrons. The first-order valence-corrected chi connectivity index (χ1v) is 9.88. The smallest absolute Gasteiger partial charge is 0.140 e. The summed E-state index contributed by atoms with van der Waals surface area (Å²) in [5.41, 5.74) is 3.79. The summed E-state index contributed by atoms with van der Waals surface area (Å²) >= 11 is 6.93. The summed E-state index contributed by atoms with van der Waals surface area (Å²) in [4.78, 5) is 1.47. The molecule has 0 bridgehead atoms. The molecule has 2 aromatic carbocycles. The second-order valence-electron chi connectivity index (χ2n) is 6.20. The van der Waals surface area contributed by atoms with Crippen LogP contribution in [0.1, 0.15) is 21.6 Å². The van der Waals surface area contributed by atoms with E-state index in [-0.39, 0.29) is 5.75 Å². The molecule has 6 heteroatoms. The highest BCUT2D eigenvalue weighted by molar-refractivity contribution is 7.80. The maximum Gasteiger partial charge on any atom is 0.140 e. The molecule has 1 aromatic heterocycles. The molecule has 3 aromatic rings. The number of phenolic OH excluding ortho intramolecular Hbond substituents is 1. The SMILES string of the molecule is Cc1ccc(O)c(C(=S)NCCc2ccc(NC(=N)c3cccs3)cc2)c1. The Hall–Kier alpha value is -2.70. The molecule has 0 atom stereocenters. The Kier molecular flexibility index (Phi) is 6.21. The van der Waals surface area contributed by atoms with E-state index in [0.29, 0.717) is 22.9 Å². The van der Waals surface area contributed by atoms with Gasteiger partial charge in [0.1, 0.15) is 16.6 Å². The van der Waals surface area contributed by atoms with E-state index in [1.54, 1.807) is 17.4 Å². The summed E-state index contributed by atoms with van der Waals surface area (Å²) < 4.78 is 0. The second-order valence-corrected chi connectivity index (χ2v) is 7.56. The van der Waals surface area contributed by atoms with Crippen molar-refractivity contribution in [2.45, 2.75) is 13.3 Å². The van der Waals surface area contributed by atoms with Crippen LogP contribution in [0.15, 0.2) is 60.0 Å². The van der Waals surface area contributed by atoms with Gasteiger partial charge in [-0.25, -0.2) is 0 Å². The maximum atomic E-state index is 9.94. The first-order valence-electron chi connectivity index (χ1n) is 8.59. The minimum absolute atomic E-state index is 0.196. The van der Waals surface area contributed by atoms with Crippen molar-refractivity contribution in [1.29, 1.82) is 5.41 Å². The molecule has 0 aliphatic heterocycles. The van der Waals surface area contributed by atoms with Crippen LogP contribution in [0.3, 0.4) is 0 Å². The van der Waals surface area contributed by atoms with E-state index >= 15 is 0 Å². The fraction of sp³-hybridized carbons (Fsp3) is 0.143. The van der Waals surface area contributed by atoms with Crippen molar-refractivity contribution in [3.05, 3.63) is 81.5 Å². The minimum atomic E-state index is 0.196. The van der Waals surface area contributed by atoms with Gasteiger partial charge in [-0.05, 0) is 54.6 Å². The molecular formula is C21H21N3OS2. The molecule has 0 aliphatic carbocycles. The third-order valence-corrected chi connectivity index (χ3v) is 5.34. The van der Waals surface area contributed by atoms with Crippen LogP contribution in [-0.4, -0.2) is 22.5 Å². The van der Waals surface area contributed by atoms with Gasteiger partial charge in [0.25, 0.3) is 0 Å². The van der Waals surface area contributed by atoms with Gasteiger partial charge in [-0.1, -0.05) is 42.0 Å². The maximum absolute atomic E-state index is 9.94. The molecule has 27 heavy (non-hydrogen) atoms. The molecule has 0 saturated carbocycles. The highest BCUT2D eigenvalue weighted by atomic mass is 32.1. The highest BCUT2D eigenvalue weighted by Crippen LogP contribution is 2.18. The predicted octanol–water partition coefficient (Wildman–Crippen LogP) is 4.71. The minimum Gasteiger partial charge on any atom is -0.507 e. The number of rotatable bonds is 6. The number of amidine groups is 1. The average Bonchev–Trinajstić information content (AvgIpc) is 3.20. The predicted molar refractivity (Wildman–Crippen MR) is 117 cm³/mol. The molecular weight excluding hydrogens is 374 g/mol. The number of hydrogen-bond acceptors (Lipinski definition) is 4. The average molecular weight is 396 g/mol. The Morgan fingerprint density at radius 2 is 1.93 bits per heavy atom. The van der Waals surface area contributed by atoms with Crippen molar-refractivity contribution in [3.8, 4) is 5.75 Å². The fourth-order valence-electron chi connectivity index (χ4n) is 2.63. The molecule has 0 amide bonds. The highest BCUT2D eigenvalue weighted by Gasteiger charge is 2.07. The summed E-state index contributed by atoms with van der Waals surface area (Å²) in [6.45, 7) is 2.66. The van der Waals surface area contributed by atoms with E-state index in [9.17, 15) is 5.11 Å². The van der Waals surface area contributed by atoms with Crippen molar-refractivity contribution in [2.24, 2.45) is 0 Å². The fourth-order valence-corrected chi connectivity index (χ4v) is 3.52. The molecule has 4 N–H and O–H groups in total. The van der Waals surface area contributed by atoms with Crippen molar-refractivity contribution in [1.82, 2.24) is 5.32 Å². The molecule has 1 heterocycles. The Morgan fingerprint density at radius 3 is 2.63 bits per heavy atom. The van der Waals surface area contributed by atoms with Crippen LogP contribution in [0, 0.1) is 12.3 Å². The number of benzene rings is 2. The lowest BCUT2D eigenvalue weighted by Gasteiger charge is -2.11. The standard InChI is InChI=1S/C21H21N3OS2/c1-14-4-9-18(25)17(13-14)21(26)23-11-10-15-5-7-16(8-6-15)24-20(22)19-3-2-12-27-19/h2-9,12-13,25H,10-11H2,1H3,(H2,22,24)(H,23,26). The number of aromatic hydroxyl groups is 1. The van der Waals surface area contributed by atoms with Gasteiger partial charge in [0.15, 0.2) is 0 Å². The van der Waals surface area contributed by atoms with E-state index in [2.05, 4.69) is 10.6 Å². The molecule has 0 saturated heterocycles. The third-order valence-electron chi connectivity index (χ3n) is 4.09. The van der Waals surface area contributed by atoms with Crippen molar-refractivity contribution in [3.63, 3.8) is 0 Å². The van der Waals surface area contributed by atoms with Crippen LogP contribution >= 0.6 is 23.6 Å². The van der Waals surface area contributed by atoms with Gasteiger partial charge in [0.05, 0.1) is 10.4 Å². The summed E-state index contributed by atoms with van der Waals surface area (Å²) in [5, 5.41) is 26.3. The zero-order valence-electron chi connectivity index (χ0n) is 15.0. The van der Waals surface area contributed by atoms with Gasteiger partial charge in [0, 0.05) is 12.2 Å². The molecule has 0 unspecified atom stereocenters. The van der Waals surface area contributed by atoms with Gasteiger partial charge >= 0.3 is 0 Å². The molecule has 3 rings (SSSR count). The summed E-state index contributed by atoms with van der Waals surface area (Å²) in [5.74, 6) is 0.601. The number of hydrogen-bond donors (Lipinski definition) is 4. The molecule has 4 nitrogen and oxygen atoms in total. The zero-order chi connectivity index (χ0) is 19.2. The Labute approximate surface area is 168 Å². The monoisotopic (exact) mass is 395 g/mol. The largest absolute Gasteiger partial charge is 0.507 e. The first kappa shape index (κ1) is 19.1. The van der Waals surface area contributed by atoms with Crippen LogP contribution in [0.4, 0.5) is 5.69 Å². The number of nitrogens with one attached hydrogen (secondary N) is 3. The van der Waals surface area contributed by atoms with Gasteiger partial charge < -0.3 is 15.7 Å². The lowest BCUT2D eigenvalue weighted by atomic mass is 10.1. The molecule has 0 fully saturated rings. The topological polar surface area (TPSA) is 68.1 Å². The van der Waals surface area contributed by atoms with Crippen LogP contribution in [0.25, 0.3) is 0 Å². The van der Waals surface area contributed by atoms with Gasteiger partial charge in [-0.2, -0.15) is 0 Å². The zero-order valence-corrected chi connectivity index (χ0v) is 16.6. The van der Waals surface area contributed by atoms with Crippen molar-refractivity contribution in [2.75, 3.05) is 11.9 Å². The number of thiophene rings is 1. The van der Waals surface area contributed by atoms with Gasteiger partial charge in [0.2, 0.25) is 0 Å². The third kappa shape index (κ3) is 5.15. The van der Waals surface area contributed by atoms with E-state index in [1.165, 1.54) is 5.56 Å². The van der Waals surface area contributed by atoms with Crippen LogP contribution in [0.5, 0.6) is 5.75 Å². The van der Waals surface area contributed by atoms with Crippen molar-refractivity contribution >= 4 is 40.1 Å². The van der Waals surface area contributed by atoms with Crippen LogP contribution in [0.2, 0.25) is 0 Å². The van der Waals surface area contributed by atoms with Gasteiger partial charge in [-0.3, -0.25) is 5.41 Å². The lowest BCUT2D eigenvalue weighted by molar-refractivity contribution is 0.474. The van der Waals surface area contributed by atoms with E-state index in [4.69, 9.17) is 17.6 Å². The quantitative estimate of drug-likeness (QED) is 0.277. The normalized spacial score (nSPS) is 10.4. The Morgan fingerprint density at radius 1 is 1.15 bits per heavy atom.